The van der Waals surface area contributed by atoms with E-state index in [-0.39, 0.29) is 24.4 Å². The number of piperidine rings is 1. The summed E-state index contributed by atoms with van der Waals surface area (Å²) in [5.74, 6) is 1.19. The van der Waals surface area contributed by atoms with Gasteiger partial charge in [-0.3, -0.25) is 4.79 Å². The van der Waals surface area contributed by atoms with E-state index in [1.807, 2.05) is 35.2 Å². The third kappa shape index (κ3) is 5.06. The van der Waals surface area contributed by atoms with E-state index in [1.54, 1.807) is 14.0 Å². The molecule has 0 spiro atoms. The highest BCUT2D eigenvalue weighted by atomic mass is 16.4. The number of carbonyl (C=O) groups excluding carboxylic acids is 2. The summed E-state index contributed by atoms with van der Waals surface area (Å²) < 4.78 is 5.64. The number of hydrogen-bond acceptors (Lipinski definition) is 5. The Kier molecular flexibility index (Phi) is 6.05. The summed E-state index contributed by atoms with van der Waals surface area (Å²) >= 11 is 0. The largest absolute Gasteiger partial charge is 0.419 e. The standard InChI is InChI=1S/C19H25N5O3/c1-14(25)24-10-6-7-15(12-24)11-20-19(26)23(2)13-17-21-22-18(27-17)16-8-4-3-5-9-16/h3-5,8-9,15H,6-7,10-13H2,1-2H3,(H,20,26). The van der Waals surface area contributed by atoms with Crippen LogP contribution in [0.3, 0.4) is 0 Å². The fourth-order valence-electron chi connectivity index (χ4n) is 3.17. The molecule has 1 aliphatic rings. The highest BCUT2D eigenvalue weighted by Crippen LogP contribution is 2.18. The summed E-state index contributed by atoms with van der Waals surface area (Å²) in [6.07, 6.45) is 1.98. The molecule has 0 bridgehead atoms. The first kappa shape index (κ1) is 18.9. The van der Waals surface area contributed by atoms with Gasteiger partial charge >= 0.3 is 6.03 Å². The minimum absolute atomic E-state index is 0.0914. The first-order chi connectivity index (χ1) is 13.0. The minimum atomic E-state index is -0.200. The molecule has 27 heavy (non-hydrogen) atoms. The maximum Gasteiger partial charge on any atom is 0.317 e. The summed E-state index contributed by atoms with van der Waals surface area (Å²) in [5, 5.41) is 11.0. The van der Waals surface area contributed by atoms with Crippen molar-refractivity contribution in [2.45, 2.75) is 26.3 Å². The quantitative estimate of drug-likeness (QED) is 0.869. The maximum absolute atomic E-state index is 12.3. The highest BCUT2D eigenvalue weighted by Gasteiger charge is 2.22. The topological polar surface area (TPSA) is 91.6 Å². The van der Waals surface area contributed by atoms with E-state index in [9.17, 15) is 9.59 Å². The Labute approximate surface area is 158 Å². The van der Waals surface area contributed by atoms with Crippen molar-refractivity contribution in [1.82, 2.24) is 25.3 Å². The van der Waals surface area contributed by atoms with E-state index in [0.717, 1.165) is 24.9 Å². The lowest BCUT2D eigenvalue weighted by molar-refractivity contribution is -0.130. The van der Waals surface area contributed by atoms with Crippen LogP contribution in [0.25, 0.3) is 11.5 Å². The lowest BCUT2D eigenvalue weighted by Gasteiger charge is -2.32. The fraction of sp³-hybridized carbons (Fsp3) is 0.474. The number of likely N-dealkylation sites (tertiary alicyclic amines) is 1. The Morgan fingerprint density at radius 2 is 2.07 bits per heavy atom. The molecule has 1 aromatic carbocycles. The van der Waals surface area contributed by atoms with Crippen molar-refractivity contribution >= 4 is 11.9 Å². The Hall–Kier alpha value is -2.90. The fourth-order valence-corrected chi connectivity index (χ4v) is 3.17. The molecule has 8 heteroatoms. The van der Waals surface area contributed by atoms with Gasteiger partial charge in [-0.25, -0.2) is 4.79 Å². The van der Waals surface area contributed by atoms with E-state index >= 15 is 0 Å². The van der Waals surface area contributed by atoms with E-state index in [4.69, 9.17) is 4.42 Å². The van der Waals surface area contributed by atoms with Crippen molar-refractivity contribution in [3.8, 4) is 11.5 Å². The van der Waals surface area contributed by atoms with Crippen LogP contribution in [0.2, 0.25) is 0 Å². The van der Waals surface area contributed by atoms with E-state index < -0.39 is 0 Å². The van der Waals surface area contributed by atoms with E-state index in [2.05, 4.69) is 15.5 Å². The molecular formula is C19H25N5O3. The number of benzene rings is 1. The average molecular weight is 371 g/mol. The predicted octanol–water partition coefficient (Wildman–Crippen LogP) is 2.14. The minimum Gasteiger partial charge on any atom is -0.419 e. The molecule has 1 fully saturated rings. The van der Waals surface area contributed by atoms with Crippen molar-refractivity contribution in [2.24, 2.45) is 5.92 Å². The SMILES string of the molecule is CC(=O)N1CCCC(CNC(=O)N(C)Cc2nnc(-c3ccccc3)o2)C1. The van der Waals surface area contributed by atoms with Crippen LogP contribution < -0.4 is 5.32 Å². The number of hydrogen-bond donors (Lipinski definition) is 1. The zero-order chi connectivity index (χ0) is 19.2. The molecule has 1 N–H and O–H groups in total. The number of aromatic nitrogens is 2. The predicted molar refractivity (Wildman–Crippen MR) is 99.6 cm³/mol. The van der Waals surface area contributed by atoms with Crippen LogP contribution in [-0.4, -0.2) is 58.6 Å². The van der Waals surface area contributed by atoms with Gasteiger partial charge < -0.3 is 19.5 Å². The molecule has 2 aromatic rings. The molecule has 3 rings (SSSR count). The van der Waals surface area contributed by atoms with Crippen molar-refractivity contribution < 1.29 is 14.0 Å². The lowest BCUT2D eigenvalue weighted by Crippen LogP contribution is -2.45. The lowest BCUT2D eigenvalue weighted by atomic mass is 9.98. The first-order valence-electron chi connectivity index (χ1n) is 9.15. The monoisotopic (exact) mass is 371 g/mol. The highest BCUT2D eigenvalue weighted by molar-refractivity contribution is 5.74. The molecule has 1 aromatic heterocycles. The third-order valence-electron chi connectivity index (χ3n) is 4.71. The van der Waals surface area contributed by atoms with Crippen LogP contribution in [0.15, 0.2) is 34.7 Å². The van der Waals surface area contributed by atoms with Crippen molar-refractivity contribution in [3.05, 3.63) is 36.2 Å². The molecule has 0 aliphatic carbocycles. The summed E-state index contributed by atoms with van der Waals surface area (Å²) in [7, 11) is 1.68. The molecule has 8 nitrogen and oxygen atoms in total. The van der Waals surface area contributed by atoms with Gasteiger partial charge in [-0.1, -0.05) is 18.2 Å². The average Bonchev–Trinajstić information content (AvgIpc) is 3.15. The Balaban J connectivity index is 1.48. The second kappa shape index (κ2) is 8.66. The molecule has 1 saturated heterocycles. The summed E-state index contributed by atoms with van der Waals surface area (Å²) in [6.45, 7) is 3.87. The second-order valence-electron chi connectivity index (χ2n) is 6.88. The van der Waals surface area contributed by atoms with Gasteiger partial charge in [-0.05, 0) is 30.9 Å². The normalized spacial score (nSPS) is 16.8. The number of nitrogens with one attached hydrogen (secondary N) is 1. The number of rotatable bonds is 5. The number of urea groups is 1. The van der Waals surface area contributed by atoms with Crippen LogP contribution in [0.1, 0.15) is 25.7 Å². The Morgan fingerprint density at radius 1 is 1.30 bits per heavy atom. The van der Waals surface area contributed by atoms with Crippen LogP contribution >= 0.6 is 0 Å². The van der Waals surface area contributed by atoms with Gasteiger partial charge in [0.05, 0.1) is 0 Å². The zero-order valence-electron chi connectivity index (χ0n) is 15.7. The van der Waals surface area contributed by atoms with Crippen LogP contribution in [0, 0.1) is 5.92 Å². The smallest absolute Gasteiger partial charge is 0.317 e. The zero-order valence-corrected chi connectivity index (χ0v) is 15.7. The molecule has 1 atom stereocenters. The molecular weight excluding hydrogens is 346 g/mol. The molecule has 0 radical (unpaired) electrons. The Morgan fingerprint density at radius 3 is 2.81 bits per heavy atom. The van der Waals surface area contributed by atoms with Gasteiger partial charge in [0.2, 0.25) is 17.7 Å². The summed E-state index contributed by atoms with van der Waals surface area (Å²) in [6, 6.07) is 9.30. The number of amides is 3. The molecule has 2 heterocycles. The van der Waals surface area contributed by atoms with Gasteiger partial charge in [0.1, 0.15) is 6.54 Å². The van der Waals surface area contributed by atoms with Crippen molar-refractivity contribution in [3.63, 3.8) is 0 Å². The molecule has 1 unspecified atom stereocenters. The summed E-state index contributed by atoms with van der Waals surface area (Å²) in [4.78, 5) is 27.2. The van der Waals surface area contributed by atoms with Crippen molar-refractivity contribution in [1.29, 1.82) is 0 Å². The first-order valence-corrected chi connectivity index (χ1v) is 9.15. The van der Waals surface area contributed by atoms with Gasteiger partial charge in [0.15, 0.2) is 0 Å². The second-order valence-corrected chi connectivity index (χ2v) is 6.88. The number of carbonyl (C=O) groups is 2. The summed E-state index contributed by atoms with van der Waals surface area (Å²) in [5.41, 5.74) is 0.843. The molecule has 0 saturated carbocycles. The van der Waals surface area contributed by atoms with E-state index in [1.165, 1.54) is 4.90 Å². The Bertz CT molecular complexity index is 777. The maximum atomic E-state index is 12.3. The van der Waals surface area contributed by atoms with Crippen molar-refractivity contribution in [2.75, 3.05) is 26.7 Å². The van der Waals surface area contributed by atoms with Crippen LogP contribution in [0.5, 0.6) is 0 Å². The van der Waals surface area contributed by atoms with Gasteiger partial charge in [0, 0.05) is 39.2 Å². The van der Waals surface area contributed by atoms with Gasteiger partial charge in [-0.15, -0.1) is 10.2 Å². The van der Waals surface area contributed by atoms with Crippen LogP contribution in [0.4, 0.5) is 4.79 Å². The molecule has 3 amide bonds. The van der Waals surface area contributed by atoms with Crippen LogP contribution in [-0.2, 0) is 11.3 Å². The third-order valence-corrected chi connectivity index (χ3v) is 4.71. The van der Waals surface area contributed by atoms with Gasteiger partial charge in [0.25, 0.3) is 0 Å². The number of nitrogens with zero attached hydrogens (tertiary/aromatic N) is 4. The molecule has 144 valence electrons. The van der Waals surface area contributed by atoms with E-state index in [0.29, 0.717) is 24.9 Å². The molecule has 1 aliphatic heterocycles. The van der Waals surface area contributed by atoms with Gasteiger partial charge in [-0.2, -0.15) is 0 Å².